The Bertz CT molecular complexity index is 183. The van der Waals surface area contributed by atoms with Gasteiger partial charge in [0.2, 0.25) is 0 Å². The molecule has 0 aliphatic heterocycles. The fourth-order valence-electron chi connectivity index (χ4n) is 2.46. The molecule has 0 aromatic carbocycles. The Hall–Kier alpha value is 0.278. The first-order chi connectivity index (χ1) is 5.25. The van der Waals surface area contributed by atoms with E-state index < -0.39 is 15.3 Å². The molecule has 0 aromatic rings. The second kappa shape index (κ2) is 2.96. The summed E-state index contributed by atoms with van der Waals surface area (Å²) in [6, 6.07) is 0. The first-order valence-corrected chi connectivity index (χ1v) is 6.80. The van der Waals surface area contributed by atoms with Crippen LogP contribution in [-0.2, 0) is 7.47 Å². The second-order valence-electron chi connectivity index (χ2n) is 3.60. The molecular weight excluding hydrogens is 207 g/mol. The predicted octanol–water partition coefficient (Wildman–Crippen LogP) is 0.332. The third-order valence-electron chi connectivity index (χ3n) is 2.93. The van der Waals surface area contributed by atoms with Gasteiger partial charge in [-0.2, -0.15) is 0 Å². The average Bonchev–Trinajstić information content (AvgIpc) is 2.45. The van der Waals surface area contributed by atoms with Crippen molar-refractivity contribution in [1.82, 2.24) is 0 Å². The summed E-state index contributed by atoms with van der Waals surface area (Å²) >= 11 is -3.24. The molecule has 2 aliphatic rings. The molecule has 0 aromatic heterocycles. The van der Waals surface area contributed by atoms with Crippen LogP contribution in [0, 0.1) is 11.8 Å². The Morgan fingerprint density at radius 2 is 2.18 bits per heavy atom. The van der Waals surface area contributed by atoms with Crippen molar-refractivity contribution >= 4 is 15.3 Å². The van der Waals surface area contributed by atoms with Crippen molar-refractivity contribution in [3.8, 4) is 0 Å². The van der Waals surface area contributed by atoms with Gasteiger partial charge in [-0.15, -0.1) is 0 Å². The van der Waals surface area contributed by atoms with Crippen LogP contribution in [0.4, 0.5) is 0 Å². The van der Waals surface area contributed by atoms with Gasteiger partial charge in [-0.3, -0.25) is 0 Å². The third-order valence-corrected chi connectivity index (χ3v) is 3.98. The molecule has 2 rings (SSSR count). The molecule has 4 unspecified atom stereocenters. The van der Waals surface area contributed by atoms with E-state index in [1.807, 2.05) is 0 Å². The van der Waals surface area contributed by atoms with E-state index in [4.69, 9.17) is 7.82 Å². The first-order valence-electron chi connectivity index (χ1n) is 4.15. The number of fused-ring (bicyclic) bond motifs is 2. The second-order valence-corrected chi connectivity index (χ2v) is 5.21. The average molecular weight is 220 g/mol. The number of hydrogen-bond donors (Lipinski definition) is 1. The van der Waals surface area contributed by atoms with Crippen LogP contribution < -0.4 is 0 Å². The Morgan fingerprint density at radius 1 is 1.36 bits per heavy atom. The zero-order valence-electron chi connectivity index (χ0n) is 6.32. The number of rotatable bonds is 2. The van der Waals surface area contributed by atoms with Crippen LogP contribution in [0.5, 0.6) is 0 Å². The van der Waals surface area contributed by atoms with Crippen molar-refractivity contribution in [2.75, 3.05) is 0 Å². The molecule has 0 amide bonds. The van der Waals surface area contributed by atoms with E-state index in [1.54, 1.807) is 0 Å². The minimum atomic E-state index is -3.24. The summed E-state index contributed by atoms with van der Waals surface area (Å²) in [6.07, 6.45) is 4.91. The molecule has 0 radical (unpaired) electrons. The Balaban J connectivity index is 1.92. The molecule has 2 aliphatic carbocycles. The summed E-state index contributed by atoms with van der Waals surface area (Å²) in [5, 5.41) is 0. The van der Waals surface area contributed by atoms with Gasteiger partial charge in [0.25, 0.3) is 0 Å². The van der Waals surface area contributed by atoms with Crippen molar-refractivity contribution in [2.24, 2.45) is 11.8 Å². The van der Waals surface area contributed by atoms with Crippen LogP contribution in [0.25, 0.3) is 0 Å². The van der Waals surface area contributed by atoms with Gasteiger partial charge >= 0.3 is 70.5 Å². The Labute approximate surface area is 70.9 Å². The van der Waals surface area contributed by atoms with Gasteiger partial charge in [-0.25, -0.2) is 0 Å². The topological polar surface area (TPSA) is 46.5 Å². The summed E-state index contributed by atoms with van der Waals surface area (Å²) in [5.41, 5.74) is 0. The SMILES string of the molecule is O=[AsH](O)OC1CC2CCC1C2. The molecule has 4 heteroatoms. The molecule has 2 bridgehead atoms. The molecule has 64 valence electrons. The Morgan fingerprint density at radius 3 is 2.64 bits per heavy atom. The van der Waals surface area contributed by atoms with E-state index >= 15 is 0 Å². The van der Waals surface area contributed by atoms with Gasteiger partial charge in [-0.05, 0) is 0 Å². The molecule has 0 heterocycles. The van der Waals surface area contributed by atoms with Crippen molar-refractivity contribution in [3.05, 3.63) is 0 Å². The summed E-state index contributed by atoms with van der Waals surface area (Å²) in [4.78, 5) is 0. The van der Waals surface area contributed by atoms with Gasteiger partial charge in [0, 0.05) is 0 Å². The van der Waals surface area contributed by atoms with E-state index in [2.05, 4.69) is 0 Å². The normalized spacial score (nSPS) is 44.6. The molecule has 0 saturated heterocycles. The molecule has 4 atom stereocenters. The van der Waals surface area contributed by atoms with Crippen molar-refractivity contribution in [1.29, 1.82) is 0 Å². The summed E-state index contributed by atoms with van der Waals surface area (Å²) in [5.74, 6) is 1.39. The van der Waals surface area contributed by atoms with E-state index in [1.165, 1.54) is 19.3 Å². The van der Waals surface area contributed by atoms with Crippen molar-refractivity contribution < 1.29 is 11.6 Å². The molecule has 1 N–H and O–H groups in total. The minimum absolute atomic E-state index is 0.131. The van der Waals surface area contributed by atoms with Crippen LogP contribution in [0.15, 0.2) is 0 Å². The van der Waals surface area contributed by atoms with Crippen LogP contribution in [0.1, 0.15) is 25.7 Å². The van der Waals surface area contributed by atoms with Crippen molar-refractivity contribution in [2.45, 2.75) is 31.8 Å². The summed E-state index contributed by atoms with van der Waals surface area (Å²) in [7, 11) is 0. The third kappa shape index (κ3) is 1.56. The fourth-order valence-corrected chi connectivity index (χ4v) is 3.61. The van der Waals surface area contributed by atoms with Gasteiger partial charge in [-0.1, -0.05) is 0 Å². The number of hydrogen-bond acceptors (Lipinski definition) is 2. The first kappa shape index (κ1) is 7.90. The monoisotopic (exact) mass is 220 g/mol. The van der Waals surface area contributed by atoms with Gasteiger partial charge in [0.05, 0.1) is 0 Å². The maximum absolute atomic E-state index is 10.5. The predicted molar refractivity (Wildman–Crippen MR) is 40.4 cm³/mol. The van der Waals surface area contributed by atoms with Crippen LogP contribution in [0.2, 0.25) is 0 Å². The van der Waals surface area contributed by atoms with Gasteiger partial charge in [0.15, 0.2) is 0 Å². The maximum atomic E-state index is 10.5. The van der Waals surface area contributed by atoms with Crippen molar-refractivity contribution in [3.63, 3.8) is 0 Å². The Kier molecular flexibility index (Phi) is 2.13. The fraction of sp³-hybridized carbons (Fsp3) is 1.00. The van der Waals surface area contributed by atoms with E-state index in [0.29, 0.717) is 5.92 Å². The summed E-state index contributed by atoms with van der Waals surface area (Å²) < 4.78 is 24.1. The standard InChI is InChI=1S/C7H13AsO3/c9-8(10)11-7-4-5-1-2-6(7)3-5/h5-8H,1-4H2,(H,9,10). The molecule has 2 saturated carbocycles. The molecule has 3 nitrogen and oxygen atoms in total. The van der Waals surface area contributed by atoms with Gasteiger partial charge < -0.3 is 0 Å². The zero-order valence-corrected chi connectivity index (χ0v) is 8.42. The zero-order chi connectivity index (χ0) is 7.84. The van der Waals surface area contributed by atoms with Gasteiger partial charge in [0.1, 0.15) is 0 Å². The molecule has 2 fully saturated rings. The van der Waals surface area contributed by atoms with E-state index in [0.717, 1.165) is 12.3 Å². The quantitative estimate of drug-likeness (QED) is 0.682. The van der Waals surface area contributed by atoms with E-state index in [9.17, 15) is 3.74 Å². The van der Waals surface area contributed by atoms with E-state index in [-0.39, 0.29) is 6.10 Å². The van der Waals surface area contributed by atoms with Crippen LogP contribution >= 0.6 is 0 Å². The van der Waals surface area contributed by atoms with Crippen LogP contribution in [0.3, 0.4) is 0 Å². The van der Waals surface area contributed by atoms with Crippen LogP contribution in [-0.4, -0.2) is 25.5 Å². The molecule has 0 spiro atoms. The molecular formula is C7H13AsO3. The molecule has 11 heavy (non-hydrogen) atoms. The summed E-state index contributed by atoms with van der Waals surface area (Å²) in [6.45, 7) is 0.